The highest BCUT2D eigenvalue weighted by atomic mass is 16.6. The monoisotopic (exact) mass is 328 g/mol. The van der Waals surface area contributed by atoms with Gasteiger partial charge in [-0.05, 0) is 40.7 Å². The molecule has 0 spiro atoms. The van der Waals surface area contributed by atoms with E-state index in [9.17, 15) is 4.79 Å². The van der Waals surface area contributed by atoms with E-state index in [1.807, 2.05) is 27.7 Å². The molecular weight excluding hydrogens is 288 g/mol. The van der Waals surface area contributed by atoms with Crippen molar-refractivity contribution in [2.24, 2.45) is 0 Å². The highest BCUT2D eigenvalue weighted by Gasteiger charge is 2.20. The number of unbranched alkanes of at least 4 members (excludes halogenated alkanes) is 7. The zero-order valence-corrected chi connectivity index (χ0v) is 16.2. The van der Waals surface area contributed by atoms with Gasteiger partial charge in [-0.2, -0.15) is 0 Å². The van der Waals surface area contributed by atoms with Gasteiger partial charge in [0.25, 0.3) is 0 Å². The summed E-state index contributed by atoms with van der Waals surface area (Å²) in [5, 5.41) is 3.43. The van der Waals surface area contributed by atoms with Crippen LogP contribution >= 0.6 is 0 Å². The van der Waals surface area contributed by atoms with Crippen LogP contribution in [-0.4, -0.2) is 42.8 Å². The van der Waals surface area contributed by atoms with Gasteiger partial charge in [-0.25, -0.2) is 4.79 Å². The maximum Gasteiger partial charge on any atom is 0.410 e. The zero-order chi connectivity index (χ0) is 17.6. The second kappa shape index (κ2) is 13.6. The molecule has 0 rings (SSSR count). The number of likely N-dealkylation sites (N-methyl/N-ethyl adjacent to an activating group) is 1. The summed E-state index contributed by atoms with van der Waals surface area (Å²) in [7, 11) is 0. The van der Waals surface area contributed by atoms with E-state index in [-0.39, 0.29) is 6.09 Å². The van der Waals surface area contributed by atoms with Crippen molar-refractivity contribution < 1.29 is 9.53 Å². The van der Waals surface area contributed by atoms with Crippen molar-refractivity contribution in [1.29, 1.82) is 0 Å². The number of rotatable bonds is 13. The van der Waals surface area contributed by atoms with Crippen LogP contribution in [0.5, 0.6) is 0 Å². The Morgan fingerprint density at radius 1 is 0.913 bits per heavy atom. The molecule has 4 nitrogen and oxygen atoms in total. The quantitative estimate of drug-likeness (QED) is 0.485. The molecule has 0 heterocycles. The molecule has 138 valence electrons. The van der Waals surface area contributed by atoms with Gasteiger partial charge in [-0.1, -0.05) is 51.9 Å². The van der Waals surface area contributed by atoms with E-state index >= 15 is 0 Å². The van der Waals surface area contributed by atoms with Gasteiger partial charge in [0, 0.05) is 19.6 Å². The fourth-order valence-electron chi connectivity index (χ4n) is 2.43. The minimum atomic E-state index is -0.422. The van der Waals surface area contributed by atoms with Crippen LogP contribution < -0.4 is 5.32 Å². The third-order valence-corrected chi connectivity index (χ3v) is 3.80. The van der Waals surface area contributed by atoms with Crippen LogP contribution in [0, 0.1) is 0 Å². The normalized spacial score (nSPS) is 11.5. The van der Waals surface area contributed by atoms with Gasteiger partial charge in [0.15, 0.2) is 0 Å². The first-order chi connectivity index (χ1) is 10.9. The molecule has 0 fully saturated rings. The SMILES string of the molecule is CCCCCCCCCCNCCN(CC)C(=O)OC(C)(C)C. The third-order valence-electron chi connectivity index (χ3n) is 3.80. The lowest BCUT2D eigenvalue weighted by molar-refractivity contribution is 0.0262. The van der Waals surface area contributed by atoms with Crippen LogP contribution in [0.4, 0.5) is 4.79 Å². The Hall–Kier alpha value is -0.770. The van der Waals surface area contributed by atoms with Crippen molar-refractivity contribution in [2.75, 3.05) is 26.2 Å². The van der Waals surface area contributed by atoms with Gasteiger partial charge in [0.1, 0.15) is 5.60 Å². The Bertz CT molecular complexity index is 288. The second-order valence-corrected chi connectivity index (χ2v) is 7.28. The van der Waals surface area contributed by atoms with E-state index < -0.39 is 5.60 Å². The van der Waals surface area contributed by atoms with Gasteiger partial charge < -0.3 is 15.0 Å². The number of carbonyl (C=O) groups is 1. The van der Waals surface area contributed by atoms with E-state index in [1.165, 1.54) is 51.4 Å². The smallest absolute Gasteiger partial charge is 0.410 e. The summed E-state index contributed by atoms with van der Waals surface area (Å²) in [5.41, 5.74) is -0.422. The maximum atomic E-state index is 12.0. The maximum absolute atomic E-state index is 12.0. The van der Waals surface area contributed by atoms with E-state index in [0.717, 1.165) is 13.1 Å². The Kier molecular flexibility index (Phi) is 13.2. The van der Waals surface area contributed by atoms with Crippen LogP contribution in [0.15, 0.2) is 0 Å². The lowest BCUT2D eigenvalue weighted by Crippen LogP contribution is -2.40. The minimum absolute atomic E-state index is 0.214. The molecule has 0 aromatic heterocycles. The van der Waals surface area contributed by atoms with Crippen molar-refractivity contribution in [3.63, 3.8) is 0 Å². The molecule has 0 bridgehead atoms. The van der Waals surface area contributed by atoms with Gasteiger partial charge >= 0.3 is 6.09 Å². The lowest BCUT2D eigenvalue weighted by Gasteiger charge is -2.26. The molecule has 0 unspecified atom stereocenters. The van der Waals surface area contributed by atoms with Gasteiger partial charge in [-0.15, -0.1) is 0 Å². The number of nitrogens with one attached hydrogen (secondary N) is 1. The summed E-state index contributed by atoms with van der Waals surface area (Å²) in [6.07, 6.45) is 10.5. The third kappa shape index (κ3) is 14.5. The van der Waals surface area contributed by atoms with Crippen molar-refractivity contribution in [1.82, 2.24) is 10.2 Å². The van der Waals surface area contributed by atoms with Crippen LogP contribution in [0.2, 0.25) is 0 Å². The first-order valence-corrected chi connectivity index (χ1v) is 9.59. The molecular formula is C19H40N2O2. The Morgan fingerprint density at radius 2 is 1.48 bits per heavy atom. The predicted octanol–water partition coefficient (Wildman–Crippen LogP) is 4.97. The summed E-state index contributed by atoms with van der Waals surface area (Å²) in [5.74, 6) is 0. The zero-order valence-electron chi connectivity index (χ0n) is 16.2. The summed E-state index contributed by atoms with van der Waals surface area (Å²) in [6.45, 7) is 13.2. The lowest BCUT2D eigenvalue weighted by atomic mass is 10.1. The molecule has 0 aliphatic carbocycles. The van der Waals surface area contributed by atoms with Crippen molar-refractivity contribution >= 4 is 6.09 Å². The van der Waals surface area contributed by atoms with E-state index in [2.05, 4.69) is 12.2 Å². The molecule has 0 atom stereocenters. The Labute approximate surface area is 144 Å². The Balaban J connectivity index is 3.53. The molecule has 0 saturated heterocycles. The van der Waals surface area contributed by atoms with E-state index in [1.54, 1.807) is 4.90 Å². The fraction of sp³-hybridized carbons (Fsp3) is 0.947. The molecule has 0 aromatic rings. The topological polar surface area (TPSA) is 41.6 Å². The highest BCUT2D eigenvalue weighted by molar-refractivity contribution is 5.68. The van der Waals surface area contributed by atoms with Crippen LogP contribution in [0.3, 0.4) is 0 Å². The number of hydrogen-bond acceptors (Lipinski definition) is 3. The molecule has 0 saturated carbocycles. The van der Waals surface area contributed by atoms with Crippen molar-refractivity contribution in [3.05, 3.63) is 0 Å². The summed E-state index contributed by atoms with van der Waals surface area (Å²) in [6, 6.07) is 0. The van der Waals surface area contributed by atoms with E-state index in [4.69, 9.17) is 4.74 Å². The fourth-order valence-corrected chi connectivity index (χ4v) is 2.43. The number of carbonyl (C=O) groups excluding carboxylic acids is 1. The van der Waals surface area contributed by atoms with Crippen molar-refractivity contribution in [3.8, 4) is 0 Å². The molecule has 1 amide bonds. The summed E-state index contributed by atoms with van der Waals surface area (Å²) >= 11 is 0. The van der Waals surface area contributed by atoms with Crippen LogP contribution in [-0.2, 0) is 4.74 Å². The largest absolute Gasteiger partial charge is 0.444 e. The van der Waals surface area contributed by atoms with Crippen LogP contribution in [0.1, 0.15) is 86.0 Å². The predicted molar refractivity (Wildman–Crippen MR) is 99.0 cm³/mol. The Morgan fingerprint density at radius 3 is 2.00 bits per heavy atom. The highest BCUT2D eigenvalue weighted by Crippen LogP contribution is 2.10. The molecule has 0 aromatic carbocycles. The average Bonchev–Trinajstić information content (AvgIpc) is 2.46. The number of hydrogen-bond donors (Lipinski definition) is 1. The average molecular weight is 329 g/mol. The first-order valence-electron chi connectivity index (χ1n) is 9.59. The molecule has 0 aliphatic rings. The van der Waals surface area contributed by atoms with E-state index in [0.29, 0.717) is 13.1 Å². The molecule has 4 heteroatoms. The minimum Gasteiger partial charge on any atom is -0.444 e. The van der Waals surface area contributed by atoms with Crippen molar-refractivity contribution in [2.45, 2.75) is 91.6 Å². The molecule has 0 radical (unpaired) electrons. The first kappa shape index (κ1) is 22.2. The summed E-state index contributed by atoms with van der Waals surface area (Å²) in [4.78, 5) is 13.7. The molecule has 0 aliphatic heterocycles. The summed E-state index contributed by atoms with van der Waals surface area (Å²) < 4.78 is 5.40. The van der Waals surface area contributed by atoms with Gasteiger partial charge in [0.2, 0.25) is 0 Å². The van der Waals surface area contributed by atoms with Gasteiger partial charge in [-0.3, -0.25) is 0 Å². The second-order valence-electron chi connectivity index (χ2n) is 7.28. The molecule has 1 N–H and O–H groups in total. The standard InChI is InChI=1S/C19H40N2O2/c1-6-8-9-10-11-12-13-14-15-20-16-17-21(7-2)18(22)23-19(3,4)5/h20H,6-17H2,1-5H3. The number of nitrogens with zero attached hydrogens (tertiary/aromatic N) is 1. The number of ether oxygens (including phenoxy) is 1. The number of amides is 1. The van der Waals surface area contributed by atoms with Gasteiger partial charge in [0.05, 0.1) is 0 Å². The van der Waals surface area contributed by atoms with Crippen LogP contribution in [0.25, 0.3) is 0 Å². The molecule has 23 heavy (non-hydrogen) atoms.